The lowest BCUT2D eigenvalue weighted by atomic mass is 10.2. The van der Waals surface area contributed by atoms with Crippen LogP contribution in [0.25, 0.3) is 0 Å². The third-order valence-corrected chi connectivity index (χ3v) is 6.94. The number of benzene rings is 1. The lowest BCUT2D eigenvalue weighted by molar-refractivity contribution is 0.0181. The van der Waals surface area contributed by atoms with E-state index in [0.717, 1.165) is 6.26 Å². The summed E-state index contributed by atoms with van der Waals surface area (Å²) in [6.45, 7) is 0.659. The molecular formula is C21H22N4O4S2. The standard InChI is InChI=1S/C21H22N4O4S2/c1-31(28,29)18-10-3-2-8-16(18)20(26)24-13-7-14-25(24)21(27)17-9-6-12-23-19(17)30-15-5-4-11-22/h2-3,6,8-10,12H,4-5,7,13-15H2,1H3. The van der Waals surface area contributed by atoms with Crippen molar-refractivity contribution in [2.45, 2.75) is 29.2 Å². The summed E-state index contributed by atoms with van der Waals surface area (Å²) in [5, 5.41) is 11.9. The van der Waals surface area contributed by atoms with E-state index in [1.54, 1.807) is 30.5 Å². The molecule has 0 saturated carbocycles. The Balaban J connectivity index is 1.86. The van der Waals surface area contributed by atoms with Crippen LogP contribution in [0.5, 0.6) is 0 Å². The molecule has 2 amide bonds. The van der Waals surface area contributed by atoms with Gasteiger partial charge in [-0.3, -0.25) is 9.59 Å². The molecule has 0 spiro atoms. The van der Waals surface area contributed by atoms with Crippen molar-refractivity contribution in [2.24, 2.45) is 0 Å². The second-order valence-electron chi connectivity index (χ2n) is 6.94. The molecule has 0 atom stereocenters. The smallest absolute Gasteiger partial charge is 0.267 e. The van der Waals surface area contributed by atoms with Gasteiger partial charge in [-0.2, -0.15) is 5.26 Å². The van der Waals surface area contributed by atoms with Crippen molar-refractivity contribution >= 4 is 33.4 Å². The number of rotatable bonds is 7. The molecular weight excluding hydrogens is 436 g/mol. The van der Waals surface area contributed by atoms with E-state index in [1.807, 2.05) is 0 Å². The topological polar surface area (TPSA) is 111 Å². The SMILES string of the molecule is CS(=O)(=O)c1ccccc1C(=O)N1CCCN1C(=O)c1cccnc1SCCCC#N. The average molecular weight is 459 g/mol. The molecule has 10 heteroatoms. The van der Waals surface area contributed by atoms with E-state index in [4.69, 9.17) is 5.26 Å². The second-order valence-corrected chi connectivity index (χ2v) is 10.0. The average Bonchev–Trinajstić information content (AvgIpc) is 3.25. The number of pyridine rings is 1. The zero-order valence-electron chi connectivity index (χ0n) is 17.0. The van der Waals surface area contributed by atoms with Crippen LogP contribution in [0.15, 0.2) is 52.5 Å². The van der Waals surface area contributed by atoms with E-state index >= 15 is 0 Å². The molecule has 0 aliphatic carbocycles. The molecule has 2 aromatic rings. The molecule has 0 radical (unpaired) electrons. The lowest BCUT2D eigenvalue weighted by Crippen LogP contribution is -2.45. The summed E-state index contributed by atoms with van der Waals surface area (Å²) < 4.78 is 24.2. The van der Waals surface area contributed by atoms with Gasteiger partial charge in [-0.1, -0.05) is 12.1 Å². The fraction of sp³-hybridized carbons (Fsp3) is 0.333. The van der Waals surface area contributed by atoms with Crippen LogP contribution in [0.3, 0.4) is 0 Å². The van der Waals surface area contributed by atoms with E-state index in [1.165, 1.54) is 33.9 Å². The molecule has 0 bridgehead atoms. The molecule has 8 nitrogen and oxygen atoms in total. The van der Waals surface area contributed by atoms with Gasteiger partial charge >= 0.3 is 0 Å². The molecule has 1 aliphatic rings. The Labute approximate surface area is 185 Å². The first-order chi connectivity index (χ1) is 14.8. The van der Waals surface area contributed by atoms with Crippen LogP contribution in [-0.2, 0) is 9.84 Å². The van der Waals surface area contributed by atoms with Gasteiger partial charge in [-0.25, -0.2) is 23.4 Å². The van der Waals surface area contributed by atoms with E-state index in [-0.39, 0.29) is 16.4 Å². The summed E-state index contributed by atoms with van der Waals surface area (Å²) in [4.78, 5) is 30.7. The maximum Gasteiger partial charge on any atom is 0.275 e. The Morgan fingerprint density at radius 3 is 2.42 bits per heavy atom. The molecule has 0 unspecified atom stereocenters. The van der Waals surface area contributed by atoms with Gasteiger partial charge in [-0.15, -0.1) is 11.8 Å². The summed E-state index contributed by atoms with van der Waals surface area (Å²) in [5.74, 6) is -0.243. The van der Waals surface area contributed by atoms with Crippen LogP contribution in [0.1, 0.15) is 40.0 Å². The fourth-order valence-electron chi connectivity index (χ4n) is 3.27. The highest BCUT2D eigenvalue weighted by molar-refractivity contribution is 7.99. The number of hydrogen-bond donors (Lipinski definition) is 0. The summed E-state index contributed by atoms with van der Waals surface area (Å²) in [7, 11) is -3.61. The van der Waals surface area contributed by atoms with E-state index in [0.29, 0.717) is 48.7 Å². The van der Waals surface area contributed by atoms with Crippen molar-refractivity contribution in [1.82, 2.24) is 15.0 Å². The summed E-state index contributed by atoms with van der Waals surface area (Å²) in [5.41, 5.74) is 0.419. The molecule has 1 saturated heterocycles. The number of amides is 2. The van der Waals surface area contributed by atoms with Crippen LogP contribution < -0.4 is 0 Å². The summed E-state index contributed by atoms with van der Waals surface area (Å²) in [6, 6.07) is 11.4. The predicted octanol–water partition coefficient (Wildman–Crippen LogP) is 2.78. The quantitative estimate of drug-likeness (QED) is 0.463. The van der Waals surface area contributed by atoms with Crippen LogP contribution in [-0.4, -0.2) is 60.3 Å². The Hall–Kier alpha value is -2.90. The Kier molecular flexibility index (Phi) is 7.30. The summed E-state index contributed by atoms with van der Waals surface area (Å²) >= 11 is 1.39. The number of unbranched alkanes of at least 4 members (excludes halogenated alkanes) is 1. The number of nitriles is 1. The minimum atomic E-state index is -3.61. The largest absolute Gasteiger partial charge is 0.275 e. The Morgan fingerprint density at radius 2 is 1.74 bits per heavy atom. The molecule has 1 aromatic carbocycles. The number of sulfone groups is 1. The molecule has 1 fully saturated rings. The third kappa shape index (κ3) is 5.24. The maximum absolute atomic E-state index is 13.3. The zero-order chi connectivity index (χ0) is 22.4. The number of hydrogen-bond acceptors (Lipinski definition) is 7. The normalized spacial score (nSPS) is 13.8. The van der Waals surface area contributed by atoms with E-state index < -0.39 is 15.7 Å². The monoisotopic (exact) mass is 458 g/mol. The number of hydrazine groups is 1. The van der Waals surface area contributed by atoms with Gasteiger partial charge in [0.15, 0.2) is 9.84 Å². The number of aromatic nitrogens is 1. The zero-order valence-corrected chi connectivity index (χ0v) is 18.7. The van der Waals surface area contributed by atoms with Crippen LogP contribution in [0.2, 0.25) is 0 Å². The first-order valence-electron chi connectivity index (χ1n) is 9.72. The third-order valence-electron chi connectivity index (χ3n) is 4.69. The number of nitrogens with zero attached hydrogens (tertiary/aromatic N) is 4. The molecule has 1 aromatic heterocycles. The Bertz CT molecular complexity index is 1130. The number of carbonyl (C=O) groups is 2. The molecule has 3 rings (SSSR count). The Morgan fingerprint density at radius 1 is 1.10 bits per heavy atom. The highest BCUT2D eigenvalue weighted by Gasteiger charge is 2.34. The minimum Gasteiger partial charge on any atom is -0.267 e. The molecule has 31 heavy (non-hydrogen) atoms. The van der Waals surface area contributed by atoms with Crippen molar-refractivity contribution in [3.05, 3.63) is 53.7 Å². The first kappa shape index (κ1) is 22.8. The van der Waals surface area contributed by atoms with Gasteiger partial charge < -0.3 is 0 Å². The second kappa shape index (κ2) is 9.94. The van der Waals surface area contributed by atoms with Crippen molar-refractivity contribution in [3.63, 3.8) is 0 Å². The van der Waals surface area contributed by atoms with Crippen molar-refractivity contribution in [3.8, 4) is 6.07 Å². The number of carbonyl (C=O) groups excluding carboxylic acids is 2. The molecule has 162 valence electrons. The van der Waals surface area contributed by atoms with Gasteiger partial charge in [0.25, 0.3) is 11.8 Å². The van der Waals surface area contributed by atoms with Gasteiger partial charge in [0.1, 0.15) is 5.03 Å². The van der Waals surface area contributed by atoms with E-state index in [9.17, 15) is 18.0 Å². The van der Waals surface area contributed by atoms with Crippen LogP contribution in [0.4, 0.5) is 0 Å². The lowest BCUT2D eigenvalue weighted by Gasteiger charge is -2.28. The summed E-state index contributed by atoms with van der Waals surface area (Å²) in [6.07, 6.45) is 4.35. The maximum atomic E-state index is 13.3. The highest BCUT2D eigenvalue weighted by atomic mass is 32.2. The molecule has 1 aliphatic heterocycles. The fourth-order valence-corrected chi connectivity index (χ4v) is 5.08. The highest BCUT2D eigenvalue weighted by Crippen LogP contribution is 2.26. The van der Waals surface area contributed by atoms with Gasteiger partial charge in [-0.05, 0) is 37.1 Å². The van der Waals surface area contributed by atoms with Crippen molar-refractivity contribution in [1.29, 1.82) is 5.26 Å². The van der Waals surface area contributed by atoms with E-state index in [2.05, 4.69) is 11.1 Å². The van der Waals surface area contributed by atoms with Gasteiger partial charge in [0, 0.05) is 37.7 Å². The predicted molar refractivity (Wildman–Crippen MR) is 116 cm³/mol. The molecule has 0 N–H and O–H groups in total. The first-order valence-corrected chi connectivity index (χ1v) is 12.6. The van der Waals surface area contributed by atoms with Crippen LogP contribution in [0, 0.1) is 11.3 Å². The minimum absolute atomic E-state index is 0.0435. The van der Waals surface area contributed by atoms with Gasteiger partial charge in [0.05, 0.1) is 22.1 Å². The van der Waals surface area contributed by atoms with Crippen molar-refractivity contribution < 1.29 is 18.0 Å². The molecule has 2 heterocycles. The van der Waals surface area contributed by atoms with Crippen molar-refractivity contribution in [2.75, 3.05) is 25.1 Å². The number of thioether (sulfide) groups is 1. The van der Waals surface area contributed by atoms with Gasteiger partial charge in [0.2, 0.25) is 0 Å². The van der Waals surface area contributed by atoms with Crippen LogP contribution >= 0.6 is 11.8 Å².